The van der Waals surface area contributed by atoms with Gasteiger partial charge < -0.3 is 10.2 Å². The van der Waals surface area contributed by atoms with Crippen molar-refractivity contribution in [2.24, 2.45) is 0 Å². The van der Waals surface area contributed by atoms with E-state index in [2.05, 4.69) is 64.0 Å². The molecule has 1 atom stereocenters. The standard InChI is InChI=1S/C16H30N2S/c1-7-13(2)18(6)11-10-17-12-14-8-9-15(19-14)16(3,4)5/h8-9,13,17H,7,10-12H2,1-6H3. The summed E-state index contributed by atoms with van der Waals surface area (Å²) in [4.78, 5) is 5.33. The van der Waals surface area contributed by atoms with Crippen molar-refractivity contribution < 1.29 is 0 Å². The van der Waals surface area contributed by atoms with Crippen molar-refractivity contribution in [3.63, 3.8) is 0 Å². The van der Waals surface area contributed by atoms with Gasteiger partial charge in [0.05, 0.1) is 0 Å². The predicted octanol–water partition coefficient (Wildman–Crippen LogP) is 3.87. The summed E-state index contributed by atoms with van der Waals surface area (Å²) < 4.78 is 0. The van der Waals surface area contributed by atoms with E-state index in [1.54, 1.807) is 0 Å². The molecule has 0 amide bonds. The molecule has 0 aliphatic carbocycles. The maximum Gasteiger partial charge on any atom is 0.0300 e. The molecule has 0 saturated carbocycles. The van der Waals surface area contributed by atoms with E-state index in [1.165, 1.54) is 16.2 Å². The monoisotopic (exact) mass is 282 g/mol. The van der Waals surface area contributed by atoms with Crippen LogP contribution in [0.5, 0.6) is 0 Å². The Morgan fingerprint density at radius 1 is 1.32 bits per heavy atom. The Labute approximate surface area is 123 Å². The maximum absolute atomic E-state index is 3.55. The zero-order chi connectivity index (χ0) is 14.5. The Bertz CT molecular complexity index is 365. The lowest BCUT2D eigenvalue weighted by Gasteiger charge is -2.23. The molecule has 0 aliphatic rings. The zero-order valence-electron chi connectivity index (χ0n) is 13.4. The van der Waals surface area contributed by atoms with Crippen molar-refractivity contribution >= 4 is 11.3 Å². The molecule has 0 saturated heterocycles. The molecule has 2 nitrogen and oxygen atoms in total. The summed E-state index contributed by atoms with van der Waals surface area (Å²) in [5.74, 6) is 0. The van der Waals surface area contributed by atoms with Crippen LogP contribution in [0.3, 0.4) is 0 Å². The van der Waals surface area contributed by atoms with Crippen molar-refractivity contribution in [2.75, 3.05) is 20.1 Å². The Morgan fingerprint density at radius 2 is 2.00 bits per heavy atom. The van der Waals surface area contributed by atoms with Crippen LogP contribution in [0, 0.1) is 0 Å². The van der Waals surface area contributed by atoms with Crippen LogP contribution in [0.2, 0.25) is 0 Å². The van der Waals surface area contributed by atoms with Crippen LogP contribution in [0.4, 0.5) is 0 Å². The molecule has 0 spiro atoms. The van der Waals surface area contributed by atoms with Gasteiger partial charge in [-0.3, -0.25) is 0 Å². The van der Waals surface area contributed by atoms with Crippen LogP contribution in [0.25, 0.3) is 0 Å². The number of nitrogens with one attached hydrogen (secondary N) is 1. The topological polar surface area (TPSA) is 15.3 Å². The highest BCUT2D eigenvalue weighted by Crippen LogP contribution is 2.29. The van der Waals surface area contributed by atoms with Gasteiger partial charge in [0.2, 0.25) is 0 Å². The van der Waals surface area contributed by atoms with Gasteiger partial charge in [0, 0.05) is 35.4 Å². The molecule has 19 heavy (non-hydrogen) atoms. The Morgan fingerprint density at radius 3 is 2.53 bits per heavy atom. The van der Waals surface area contributed by atoms with Crippen LogP contribution in [0.15, 0.2) is 12.1 Å². The number of likely N-dealkylation sites (N-methyl/N-ethyl adjacent to an activating group) is 1. The largest absolute Gasteiger partial charge is 0.311 e. The van der Waals surface area contributed by atoms with Crippen LogP contribution >= 0.6 is 11.3 Å². The summed E-state index contributed by atoms with van der Waals surface area (Å²) in [6.07, 6.45) is 1.22. The third-order valence-corrected chi connectivity index (χ3v) is 5.20. The van der Waals surface area contributed by atoms with E-state index in [1.807, 2.05) is 11.3 Å². The van der Waals surface area contributed by atoms with Gasteiger partial charge in [-0.25, -0.2) is 0 Å². The maximum atomic E-state index is 3.55. The van der Waals surface area contributed by atoms with Gasteiger partial charge in [-0.15, -0.1) is 11.3 Å². The fraction of sp³-hybridized carbons (Fsp3) is 0.750. The summed E-state index contributed by atoms with van der Waals surface area (Å²) in [6, 6.07) is 5.21. The second-order valence-electron chi connectivity index (χ2n) is 6.43. The normalized spacial score (nSPS) is 14.1. The van der Waals surface area contributed by atoms with E-state index in [4.69, 9.17) is 0 Å². The molecule has 0 aromatic carbocycles. The smallest absolute Gasteiger partial charge is 0.0300 e. The first-order valence-corrected chi connectivity index (χ1v) is 8.16. The van der Waals surface area contributed by atoms with E-state index in [0.29, 0.717) is 6.04 Å². The average molecular weight is 282 g/mol. The highest BCUT2D eigenvalue weighted by molar-refractivity contribution is 7.12. The molecule has 0 fully saturated rings. The van der Waals surface area contributed by atoms with Crippen molar-refractivity contribution in [3.05, 3.63) is 21.9 Å². The Kier molecular flexibility index (Phi) is 6.51. The number of thiophene rings is 1. The van der Waals surface area contributed by atoms with Crippen LogP contribution in [0.1, 0.15) is 50.8 Å². The van der Waals surface area contributed by atoms with Gasteiger partial charge in [0.15, 0.2) is 0 Å². The van der Waals surface area contributed by atoms with Gasteiger partial charge in [-0.05, 0) is 37.9 Å². The Balaban J connectivity index is 2.28. The lowest BCUT2D eigenvalue weighted by molar-refractivity contribution is 0.252. The minimum Gasteiger partial charge on any atom is -0.311 e. The molecule has 3 heteroatoms. The molecule has 0 radical (unpaired) electrons. The number of hydrogen-bond acceptors (Lipinski definition) is 3. The highest BCUT2D eigenvalue weighted by Gasteiger charge is 2.15. The van der Waals surface area contributed by atoms with Crippen LogP contribution in [-0.2, 0) is 12.0 Å². The van der Waals surface area contributed by atoms with Crippen LogP contribution in [-0.4, -0.2) is 31.1 Å². The number of nitrogens with zero attached hydrogens (tertiary/aromatic N) is 1. The second-order valence-corrected chi connectivity index (χ2v) is 7.60. The lowest BCUT2D eigenvalue weighted by atomic mass is 9.95. The first-order chi connectivity index (χ1) is 8.84. The SMILES string of the molecule is CCC(C)N(C)CCNCc1ccc(C(C)(C)C)s1. The van der Waals surface area contributed by atoms with Gasteiger partial charge in [-0.2, -0.15) is 0 Å². The van der Waals surface area contributed by atoms with Gasteiger partial charge in [0.1, 0.15) is 0 Å². The average Bonchev–Trinajstić information content (AvgIpc) is 2.81. The minimum absolute atomic E-state index is 0.277. The van der Waals surface area contributed by atoms with E-state index in [9.17, 15) is 0 Å². The fourth-order valence-electron chi connectivity index (χ4n) is 1.88. The fourth-order valence-corrected chi connectivity index (χ4v) is 2.91. The van der Waals surface area contributed by atoms with Crippen molar-refractivity contribution in [2.45, 2.75) is 59.0 Å². The molecule has 1 aromatic rings. The Hall–Kier alpha value is -0.380. The van der Waals surface area contributed by atoms with E-state index >= 15 is 0 Å². The number of hydrogen-bond donors (Lipinski definition) is 1. The molecular formula is C16H30N2S. The van der Waals surface area contributed by atoms with E-state index in [-0.39, 0.29) is 5.41 Å². The summed E-state index contributed by atoms with van der Waals surface area (Å²) in [7, 11) is 2.21. The summed E-state index contributed by atoms with van der Waals surface area (Å²) >= 11 is 1.93. The summed E-state index contributed by atoms with van der Waals surface area (Å²) in [6.45, 7) is 14.5. The second kappa shape index (κ2) is 7.41. The number of rotatable bonds is 7. The van der Waals surface area contributed by atoms with Crippen molar-refractivity contribution in [1.29, 1.82) is 0 Å². The summed E-state index contributed by atoms with van der Waals surface area (Å²) in [5, 5.41) is 3.55. The lowest BCUT2D eigenvalue weighted by Crippen LogP contribution is -2.34. The van der Waals surface area contributed by atoms with Crippen LogP contribution < -0.4 is 5.32 Å². The van der Waals surface area contributed by atoms with E-state index < -0.39 is 0 Å². The molecular weight excluding hydrogens is 252 g/mol. The first-order valence-electron chi connectivity index (χ1n) is 7.34. The molecule has 1 N–H and O–H groups in total. The van der Waals surface area contributed by atoms with Crippen molar-refractivity contribution in [1.82, 2.24) is 10.2 Å². The third kappa shape index (κ3) is 5.64. The van der Waals surface area contributed by atoms with Crippen molar-refractivity contribution in [3.8, 4) is 0 Å². The molecule has 1 aromatic heterocycles. The summed E-state index contributed by atoms with van der Waals surface area (Å²) in [5.41, 5.74) is 0.277. The minimum atomic E-state index is 0.277. The predicted molar refractivity (Wildman–Crippen MR) is 87.1 cm³/mol. The molecule has 1 rings (SSSR count). The molecule has 0 aliphatic heterocycles. The molecule has 0 bridgehead atoms. The van der Waals surface area contributed by atoms with Gasteiger partial charge in [0.25, 0.3) is 0 Å². The van der Waals surface area contributed by atoms with E-state index in [0.717, 1.165) is 19.6 Å². The van der Waals surface area contributed by atoms with Gasteiger partial charge in [-0.1, -0.05) is 27.7 Å². The quantitative estimate of drug-likeness (QED) is 0.764. The molecule has 1 unspecified atom stereocenters. The third-order valence-electron chi connectivity index (χ3n) is 3.68. The highest BCUT2D eigenvalue weighted by atomic mass is 32.1. The molecule has 110 valence electrons. The first kappa shape index (κ1) is 16.7. The van der Waals surface area contributed by atoms with Gasteiger partial charge >= 0.3 is 0 Å². The zero-order valence-corrected chi connectivity index (χ0v) is 14.2. The molecule has 1 heterocycles.